The highest BCUT2D eigenvalue weighted by molar-refractivity contribution is 5.69. The zero-order valence-electron chi connectivity index (χ0n) is 12.8. The molecule has 3 N–H and O–H groups in total. The molecule has 1 aliphatic rings. The van der Waals surface area contributed by atoms with Crippen molar-refractivity contribution in [2.24, 2.45) is 0 Å². The lowest BCUT2D eigenvalue weighted by Crippen LogP contribution is -2.43. The fourth-order valence-corrected chi connectivity index (χ4v) is 2.77. The molecule has 2 rings (SSSR count). The van der Waals surface area contributed by atoms with Crippen LogP contribution in [0.1, 0.15) is 18.4 Å². The zero-order valence-corrected chi connectivity index (χ0v) is 12.8. The molecule has 1 aromatic rings. The fraction of sp³-hybridized carbons (Fsp3) is 0.643. The average molecular weight is 310 g/mol. The summed E-state index contributed by atoms with van der Waals surface area (Å²) in [6.45, 7) is 3.20. The number of nitrogens with one attached hydrogen (secondary N) is 1. The molecule has 0 aliphatic carbocycles. The van der Waals surface area contributed by atoms with Gasteiger partial charge in [0.1, 0.15) is 5.82 Å². The van der Waals surface area contributed by atoms with Gasteiger partial charge in [-0.2, -0.15) is 0 Å². The number of aromatic amines is 1. The van der Waals surface area contributed by atoms with Crippen LogP contribution in [0.5, 0.6) is 0 Å². The Balaban J connectivity index is 2.02. The van der Waals surface area contributed by atoms with E-state index in [9.17, 15) is 14.7 Å². The van der Waals surface area contributed by atoms with E-state index in [0.29, 0.717) is 31.9 Å². The van der Waals surface area contributed by atoms with Crippen molar-refractivity contribution >= 4 is 5.97 Å². The maximum atomic E-state index is 11.6. The first-order chi connectivity index (χ1) is 10.4. The Hall–Kier alpha value is -1.77. The van der Waals surface area contributed by atoms with Crippen LogP contribution in [0.3, 0.4) is 0 Å². The Morgan fingerprint density at radius 2 is 2.27 bits per heavy atom. The topological polar surface area (TPSA) is 110 Å². The summed E-state index contributed by atoms with van der Waals surface area (Å²) in [5, 5.41) is 18.9. The third-order valence-corrected chi connectivity index (χ3v) is 3.86. The number of rotatable bonds is 6. The van der Waals surface area contributed by atoms with Gasteiger partial charge in [-0.15, -0.1) is 0 Å². The number of carboxylic acids is 1. The number of aryl methyl sites for hydroxylation is 1. The van der Waals surface area contributed by atoms with Crippen molar-refractivity contribution in [3.63, 3.8) is 0 Å². The predicted octanol–water partition coefficient (Wildman–Crippen LogP) is -1.11. The van der Waals surface area contributed by atoms with Crippen LogP contribution in [0.4, 0.5) is 0 Å². The highest BCUT2D eigenvalue weighted by atomic mass is 16.4. The summed E-state index contributed by atoms with van der Waals surface area (Å²) in [5.74, 6) is -0.354. The molecule has 0 aromatic carbocycles. The van der Waals surface area contributed by atoms with Gasteiger partial charge in [-0.05, 0) is 13.5 Å². The predicted molar refractivity (Wildman–Crippen MR) is 79.6 cm³/mol. The standard InChI is InChI=1S/C14H22N4O4/c1-3-9-4-13(20)16-12(15-9)7-18-5-10(11(19)6-18)17(2)8-14(21)22/h4,10-11,19H,3,5-8H2,1-2H3,(H,21,22)(H,15,16,20)/t10-,11+/m0/s1. The van der Waals surface area contributed by atoms with E-state index < -0.39 is 12.1 Å². The molecule has 22 heavy (non-hydrogen) atoms. The molecular weight excluding hydrogens is 288 g/mol. The van der Waals surface area contributed by atoms with E-state index in [1.54, 1.807) is 11.9 Å². The van der Waals surface area contributed by atoms with Crippen molar-refractivity contribution in [2.45, 2.75) is 32.0 Å². The summed E-state index contributed by atoms with van der Waals surface area (Å²) < 4.78 is 0. The minimum absolute atomic E-state index is 0.115. The van der Waals surface area contributed by atoms with Crippen LogP contribution < -0.4 is 5.56 Å². The smallest absolute Gasteiger partial charge is 0.317 e. The van der Waals surface area contributed by atoms with E-state index in [0.717, 1.165) is 5.69 Å². The first-order valence-corrected chi connectivity index (χ1v) is 7.30. The first kappa shape index (κ1) is 16.6. The second kappa shape index (κ2) is 6.99. The number of aliphatic hydroxyl groups excluding tert-OH is 1. The number of H-pyrrole nitrogens is 1. The molecule has 2 heterocycles. The number of hydrogen-bond acceptors (Lipinski definition) is 6. The molecule has 0 amide bonds. The van der Waals surface area contributed by atoms with Gasteiger partial charge < -0.3 is 15.2 Å². The molecule has 0 bridgehead atoms. The molecule has 0 saturated carbocycles. The van der Waals surface area contributed by atoms with Crippen LogP contribution in [0.2, 0.25) is 0 Å². The van der Waals surface area contributed by atoms with Crippen molar-refractivity contribution in [1.82, 2.24) is 19.8 Å². The van der Waals surface area contributed by atoms with Crippen molar-refractivity contribution < 1.29 is 15.0 Å². The number of hydrogen-bond donors (Lipinski definition) is 3. The lowest BCUT2D eigenvalue weighted by Gasteiger charge is -2.24. The third-order valence-electron chi connectivity index (χ3n) is 3.86. The van der Waals surface area contributed by atoms with Gasteiger partial charge >= 0.3 is 5.97 Å². The maximum Gasteiger partial charge on any atom is 0.317 e. The Morgan fingerprint density at radius 3 is 2.91 bits per heavy atom. The summed E-state index contributed by atoms with van der Waals surface area (Å²) in [4.78, 5) is 33.0. The van der Waals surface area contributed by atoms with E-state index in [1.165, 1.54) is 6.07 Å². The molecule has 8 heteroatoms. The normalized spacial score (nSPS) is 22.4. The minimum atomic E-state index is -0.921. The van der Waals surface area contributed by atoms with E-state index in [1.807, 2.05) is 11.8 Å². The number of likely N-dealkylation sites (N-methyl/N-ethyl adjacent to an activating group) is 1. The lowest BCUT2D eigenvalue weighted by molar-refractivity contribution is -0.138. The number of β-amino-alcohol motifs (C(OH)–C–C–N with tert-alkyl or cyclic N) is 1. The van der Waals surface area contributed by atoms with Crippen molar-refractivity contribution in [1.29, 1.82) is 0 Å². The van der Waals surface area contributed by atoms with Crippen LogP contribution >= 0.6 is 0 Å². The minimum Gasteiger partial charge on any atom is -0.480 e. The highest BCUT2D eigenvalue weighted by Gasteiger charge is 2.34. The van der Waals surface area contributed by atoms with Gasteiger partial charge in [0.15, 0.2) is 0 Å². The molecule has 1 fully saturated rings. The molecule has 0 radical (unpaired) electrons. The molecule has 1 aromatic heterocycles. The summed E-state index contributed by atoms with van der Waals surface area (Å²) in [6, 6.07) is 1.24. The van der Waals surface area contributed by atoms with E-state index in [4.69, 9.17) is 5.11 Å². The van der Waals surface area contributed by atoms with Crippen LogP contribution in [0.25, 0.3) is 0 Å². The molecule has 122 valence electrons. The molecular formula is C14H22N4O4. The average Bonchev–Trinajstić information content (AvgIpc) is 2.78. The molecule has 2 atom stereocenters. The number of carbonyl (C=O) groups is 1. The van der Waals surface area contributed by atoms with Gasteiger partial charge in [0, 0.05) is 30.9 Å². The Labute approximate surface area is 128 Å². The van der Waals surface area contributed by atoms with Gasteiger partial charge in [-0.3, -0.25) is 19.4 Å². The summed E-state index contributed by atoms with van der Waals surface area (Å²) >= 11 is 0. The van der Waals surface area contributed by atoms with Gasteiger partial charge in [-0.1, -0.05) is 6.92 Å². The summed E-state index contributed by atoms with van der Waals surface area (Å²) in [6.07, 6.45) is 0.0641. The largest absolute Gasteiger partial charge is 0.480 e. The van der Waals surface area contributed by atoms with Crippen LogP contribution in [0, 0.1) is 0 Å². The van der Waals surface area contributed by atoms with Gasteiger partial charge in [0.05, 0.1) is 19.2 Å². The van der Waals surface area contributed by atoms with Crippen molar-refractivity contribution in [3.05, 3.63) is 27.9 Å². The van der Waals surface area contributed by atoms with Crippen molar-refractivity contribution in [2.75, 3.05) is 26.7 Å². The van der Waals surface area contributed by atoms with Gasteiger partial charge in [0.2, 0.25) is 0 Å². The van der Waals surface area contributed by atoms with Crippen molar-refractivity contribution in [3.8, 4) is 0 Å². The second-order valence-corrected chi connectivity index (χ2v) is 5.67. The van der Waals surface area contributed by atoms with E-state index >= 15 is 0 Å². The Bertz CT molecular complexity index is 588. The summed E-state index contributed by atoms with van der Waals surface area (Å²) in [5.41, 5.74) is 0.555. The molecule has 0 spiro atoms. The fourth-order valence-electron chi connectivity index (χ4n) is 2.77. The van der Waals surface area contributed by atoms with Crippen LogP contribution in [0.15, 0.2) is 10.9 Å². The number of nitrogens with zero attached hydrogens (tertiary/aromatic N) is 3. The van der Waals surface area contributed by atoms with E-state index in [-0.39, 0.29) is 18.1 Å². The Morgan fingerprint density at radius 1 is 1.55 bits per heavy atom. The molecule has 0 unspecified atom stereocenters. The number of aliphatic hydroxyl groups is 1. The van der Waals surface area contributed by atoms with E-state index in [2.05, 4.69) is 9.97 Å². The quantitative estimate of drug-likeness (QED) is 0.611. The number of aromatic nitrogens is 2. The van der Waals surface area contributed by atoms with Gasteiger partial charge in [-0.25, -0.2) is 4.98 Å². The molecule has 1 aliphatic heterocycles. The van der Waals surface area contributed by atoms with Crippen LogP contribution in [-0.4, -0.2) is 74.8 Å². The number of aliphatic carboxylic acids is 1. The lowest BCUT2D eigenvalue weighted by atomic mass is 10.2. The zero-order chi connectivity index (χ0) is 16.3. The maximum absolute atomic E-state index is 11.6. The SMILES string of the molecule is CCc1cc(=O)[nH]c(CN2C[C@@H](O)[C@@H](N(C)CC(=O)O)C2)n1. The van der Waals surface area contributed by atoms with Gasteiger partial charge in [0.25, 0.3) is 5.56 Å². The molecule has 1 saturated heterocycles. The number of carboxylic acid groups (broad SMARTS) is 1. The Kier molecular flexibility index (Phi) is 5.28. The molecule has 8 nitrogen and oxygen atoms in total. The first-order valence-electron chi connectivity index (χ1n) is 7.30. The van der Waals surface area contributed by atoms with Crippen LogP contribution in [-0.2, 0) is 17.8 Å². The number of likely N-dealkylation sites (tertiary alicyclic amines) is 1. The monoisotopic (exact) mass is 310 g/mol. The second-order valence-electron chi connectivity index (χ2n) is 5.67. The third kappa shape index (κ3) is 4.12. The highest BCUT2D eigenvalue weighted by Crippen LogP contribution is 2.16. The summed E-state index contributed by atoms with van der Waals surface area (Å²) in [7, 11) is 1.68.